The number of rotatable bonds is 7. The second-order valence-corrected chi connectivity index (χ2v) is 8.14. The van der Waals surface area contributed by atoms with E-state index in [4.69, 9.17) is 4.74 Å². The minimum Gasteiger partial charge on any atom is -0.490 e. The van der Waals surface area contributed by atoms with Gasteiger partial charge in [-0.25, -0.2) is 0 Å². The predicted molar refractivity (Wildman–Crippen MR) is 109 cm³/mol. The Morgan fingerprint density at radius 1 is 1.08 bits per heavy atom. The molecule has 0 saturated heterocycles. The van der Waals surface area contributed by atoms with Crippen LogP contribution in [0.2, 0.25) is 0 Å². The van der Waals surface area contributed by atoms with Crippen molar-refractivity contribution >= 4 is 0 Å². The minimum atomic E-state index is 0.373. The van der Waals surface area contributed by atoms with Gasteiger partial charge >= 0.3 is 0 Å². The largest absolute Gasteiger partial charge is 0.490 e. The van der Waals surface area contributed by atoms with Crippen molar-refractivity contribution in [3.05, 3.63) is 65.7 Å². The maximum atomic E-state index is 6.30. The SMILES string of the molecule is Cc1cccc(O[C@@H]2CCC[C@H](C(C)CN(C)Cc3ccccc3)C2)c1. The van der Waals surface area contributed by atoms with Crippen molar-refractivity contribution < 1.29 is 4.74 Å². The molecule has 0 spiro atoms. The van der Waals surface area contributed by atoms with E-state index in [2.05, 4.69) is 80.4 Å². The van der Waals surface area contributed by atoms with Gasteiger partial charge in [-0.05, 0) is 74.8 Å². The molecule has 2 nitrogen and oxygen atoms in total. The molecule has 2 aromatic carbocycles. The maximum Gasteiger partial charge on any atom is 0.119 e. The zero-order valence-electron chi connectivity index (χ0n) is 16.5. The van der Waals surface area contributed by atoms with Crippen LogP contribution in [-0.2, 0) is 6.54 Å². The molecule has 1 unspecified atom stereocenters. The van der Waals surface area contributed by atoms with Crippen molar-refractivity contribution in [2.24, 2.45) is 11.8 Å². The molecule has 0 aliphatic heterocycles. The predicted octanol–water partition coefficient (Wildman–Crippen LogP) is 5.70. The lowest BCUT2D eigenvalue weighted by Crippen LogP contribution is -2.33. The highest BCUT2D eigenvalue weighted by Gasteiger charge is 2.27. The third-order valence-corrected chi connectivity index (χ3v) is 5.66. The summed E-state index contributed by atoms with van der Waals surface area (Å²) >= 11 is 0. The Hall–Kier alpha value is -1.80. The summed E-state index contributed by atoms with van der Waals surface area (Å²) in [5.41, 5.74) is 2.66. The van der Waals surface area contributed by atoms with Crippen LogP contribution in [-0.4, -0.2) is 24.6 Å². The molecule has 2 aromatic rings. The van der Waals surface area contributed by atoms with Crippen molar-refractivity contribution in [2.75, 3.05) is 13.6 Å². The molecule has 1 aliphatic carbocycles. The number of hydrogen-bond donors (Lipinski definition) is 0. The first kappa shape index (κ1) is 19.0. The Balaban J connectivity index is 1.50. The summed E-state index contributed by atoms with van der Waals surface area (Å²) in [5.74, 6) is 2.49. The van der Waals surface area contributed by atoms with E-state index in [-0.39, 0.29) is 0 Å². The quantitative estimate of drug-likeness (QED) is 0.634. The van der Waals surface area contributed by atoms with Gasteiger partial charge in [0.25, 0.3) is 0 Å². The summed E-state index contributed by atoms with van der Waals surface area (Å²) in [4.78, 5) is 2.46. The lowest BCUT2D eigenvalue weighted by atomic mass is 9.79. The van der Waals surface area contributed by atoms with Crippen LogP contribution in [0.4, 0.5) is 0 Å². The Bertz CT molecular complexity index is 669. The molecule has 0 amide bonds. The van der Waals surface area contributed by atoms with Crippen molar-refractivity contribution in [1.29, 1.82) is 0 Å². The summed E-state index contributed by atoms with van der Waals surface area (Å²) in [5, 5.41) is 0. The Morgan fingerprint density at radius 2 is 1.88 bits per heavy atom. The van der Waals surface area contributed by atoms with E-state index in [1.165, 1.54) is 36.8 Å². The highest BCUT2D eigenvalue weighted by atomic mass is 16.5. The van der Waals surface area contributed by atoms with Crippen LogP contribution < -0.4 is 4.74 Å². The molecule has 1 fully saturated rings. The number of nitrogens with zero attached hydrogens (tertiary/aromatic N) is 1. The molecule has 140 valence electrons. The molecule has 0 radical (unpaired) electrons. The topological polar surface area (TPSA) is 12.5 Å². The van der Waals surface area contributed by atoms with E-state index >= 15 is 0 Å². The van der Waals surface area contributed by atoms with Gasteiger partial charge in [-0.1, -0.05) is 49.4 Å². The average molecular weight is 352 g/mol. The Kier molecular flexibility index (Phi) is 6.73. The summed E-state index contributed by atoms with van der Waals surface area (Å²) in [6.45, 7) is 6.72. The molecular formula is C24H33NO. The minimum absolute atomic E-state index is 0.373. The fourth-order valence-electron chi connectivity index (χ4n) is 4.29. The molecule has 0 aromatic heterocycles. The van der Waals surface area contributed by atoms with Gasteiger partial charge < -0.3 is 9.64 Å². The Morgan fingerprint density at radius 3 is 2.65 bits per heavy atom. The first-order chi connectivity index (χ1) is 12.6. The zero-order chi connectivity index (χ0) is 18.4. The van der Waals surface area contributed by atoms with Gasteiger partial charge in [-0.2, -0.15) is 0 Å². The van der Waals surface area contributed by atoms with Crippen LogP contribution in [0.5, 0.6) is 5.75 Å². The van der Waals surface area contributed by atoms with Gasteiger partial charge in [0.2, 0.25) is 0 Å². The van der Waals surface area contributed by atoms with Gasteiger partial charge in [0.15, 0.2) is 0 Å². The smallest absolute Gasteiger partial charge is 0.119 e. The summed E-state index contributed by atoms with van der Waals surface area (Å²) < 4.78 is 6.30. The van der Waals surface area contributed by atoms with Crippen molar-refractivity contribution in [3.8, 4) is 5.75 Å². The molecular weight excluding hydrogens is 318 g/mol. The molecule has 3 rings (SSSR count). The van der Waals surface area contributed by atoms with E-state index in [1.54, 1.807) is 0 Å². The monoisotopic (exact) mass is 351 g/mol. The fraction of sp³-hybridized carbons (Fsp3) is 0.500. The second-order valence-electron chi connectivity index (χ2n) is 8.14. The van der Waals surface area contributed by atoms with Crippen LogP contribution in [0.3, 0.4) is 0 Å². The van der Waals surface area contributed by atoms with Crippen LogP contribution in [0, 0.1) is 18.8 Å². The van der Waals surface area contributed by atoms with E-state index in [0.717, 1.165) is 24.8 Å². The lowest BCUT2D eigenvalue weighted by molar-refractivity contribution is 0.0913. The van der Waals surface area contributed by atoms with Gasteiger partial charge in [0.1, 0.15) is 5.75 Å². The van der Waals surface area contributed by atoms with E-state index in [0.29, 0.717) is 12.0 Å². The van der Waals surface area contributed by atoms with E-state index < -0.39 is 0 Å². The zero-order valence-corrected chi connectivity index (χ0v) is 16.5. The van der Waals surface area contributed by atoms with Crippen LogP contribution in [0.25, 0.3) is 0 Å². The number of benzene rings is 2. The van der Waals surface area contributed by atoms with Crippen molar-refractivity contribution in [3.63, 3.8) is 0 Å². The van der Waals surface area contributed by atoms with Gasteiger partial charge in [0, 0.05) is 13.1 Å². The highest BCUT2D eigenvalue weighted by molar-refractivity contribution is 5.27. The van der Waals surface area contributed by atoms with E-state index in [9.17, 15) is 0 Å². The van der Waals surface area contributed by atoms with Gasteiger partial charge in [-0.3, -0.25) is 0 Å². The van der Waals surface area contributed by atoms with Gasteiger partial charge in [0.05, 0.1) is 6.10 Å². The van der Waals surface area contributed by atoms with Crippen LogP contribution in [0.15, 0.2) is 54.6 Å². The fourth-order valence-corrected chi connectivity index (χ4v) is 4.29. The molecule has 1 aliphatic rings. The van der Waals surface area contributed by atoms with E-state index in [1.807, 2.05) is 0 Å². The molecule has 0 bridgehead atoms. The molecule has 0 N–H and O–H groups in total. The first-order valence-electron chi connectivity index (χ1n) is 10.1. The normalized spacial score (nSPS) is 21.5. The first-order valence-corrected chi connectivity index (χ1v) is 10.1. The van der Waals surface area contributed by atoms with Crippen LogP contribution in [0.1, 0.15) is 43.7 Å². The second kappa shape index (κ2) is 9.23. The molecule has 3 atom stereocenters. The standard InChI is InChI=1S/C24H33NO/c1-19-9-7-13-23(15-19)26-24-14-8-12-22(16-24)20(2)17-25(3)18-21-10-5-4-6-11-21/h4-7,9-11,13,15,20,22,24H,8,12,14,16-18H2,1-3H3/t20?,22-,24+/m0/s1. The molecule has 2 heteroatoms. The van der Waals surface area contributed by atoms with Crippen molar-refractivity contribution in [2.45, 2.75) is 52.2 Å². The number of aryl methyl sites for hydroxylation is 1. The van der Waals surface area contributed by atoms with Crippen molar-refractivity contribution in [1.82, 2.24) is 4.90 Å². The average Bonchev–Trinajstić information content (AvgIpc) is 2.62. The maximum absolute atomic E-state index is 6.30. The third-order valence-electron chi connectivity index (χ3n) is 5.66. The molecule has 26 heavy (non-hydrogen) atoms. The molecule has 0 heterocycles. The van der Waals surface area contributed by atoms with Crippen LogP contribution >= 0.6 is 0 Å². The molecule has 1 saturated carbocycles. The third kappa shape index (κ3) is 5.60. The summed E-state index contributed by atoms with van der Waals surface area (Å²) in [7, 11) is 2.24. The summed E-state index contributed by atoms with van der Waals surface area (Å²) in [6, 6.07) is 19.2. The Labute approximate surface area is 159 Å². The van der Waals surface area contributed by atoms with Gasteiger partial charge in [-0.15, -0.1) is 0 Å². The number of hydrogen-bond acceptors (Lipinski definition) is 2. The lowest BCUT2D eigenvalue weighted by Gasteiger charge is -2.35. The summed E-state index contributed by atoms with van der Waals surface area (Å²) in [6.07, 6.45) is 5.38. The highest BCUT2D eigenvalue weighted by Crippen LogP contribution is 2.33. The number of ether oxygens (including phenoxy) is 1.